The fraction of sp³-hybridized carbons (Fsp3) is 0.294. The first-order valence-electron chi connectivity index (χ1n) is 6.48. The molecule has 100 valence electrons. The highest BCUT2D eigenvalue weighted by atomic mass is 16.5. The number of rotatable bonds is 3. The minimum Gasteiger partial charge on any atom is -0.457 e. The highest BCUT2D eigenvalue weighted by Crippen LogP contribution is 2.31. The molecule has 0 unspecified atom stereocenters. The molecule has 0 fully saturated rings. The zero-order valence-corrected chi connectivity index (χ0v) is 11.9. The molecule has 0 aromatic heterocycles. The van der Waals surface area contributed by atoms with Crippen molar-refractivity contribution in [2.75, 3.05) is 0 Å². The van der Waals surface area contributed by atoms with Crippen molar-refractivity contribution in [1.29, 1.82) is 0 Å². The van der Waals surface area contributed by atoms with Crippen molar-refractivity contribution in [3.8, 4) is 11.5 Å². The van der Waals surface area contributed by atoms with Gasteiger partial charge in [-0.2, -0.15) is 0 Å². The van der Waals surface area contributed by atoms with Gasteiger partial charge >= 0.3 is 0 Å². The van der Waals surface area contributed by atoms with Gasteiger partial charge in [0.05, 0.1) is 6.61 Å². The quantitative estimate of drug-likeness (QED) is 0.891. The summed E-state index contributed by atoms with van der Waals surface area (Å²) in [6.07, 6.45) is 0. The number of hydrogen-bond donors (Lipinski definition) is 1. The van der Waals surface area contributed by atoms with Crippen LogP contribution in [-0.2, 0) is 6.61 Å². The van der Waals surface area contributed by atoms with Crippen molar-refractivity contribution in [3.05, 3.63) is 58.1 Å². The summed E-state index contributed by atoms with van der Waals surface area (Å²) in [4.78, 5) is 0. The van der Waals surface area contributed by atoms with Gasteiger partial charge in [-0.15, -0.1) is 0 Å². The Hall–Kier alpha value is -1.80. The molecule has 0 radical (unpaired) electrons. The lowest BCUT2D eigenvalue weighted by atomic mass is 10.1. The Bertz CT molecular complexity index is 600. The maximum absolute atomic E-state index is 9.18. The third kappa shape index (κ3) is 2.79. The fourth-order valence-corrected chi connectivity index (χ4v) is 2.11. The van der Waals surface area contributed by atoms with Crippen molar-refractivity contribution in [3.63, 3.8) is 0 Å². The first-order chi connectivity index (χ1) is 9.02. The van der Waals surface area contributed by atoms with Gasteiger partial charge in [-0.05, 0) is 67.6 Å². The smallest absolute Gasteiger partial charge is 0.133 e. The van der Waals surface area contributed by atoms with Gasteiger partial charge in [0, 0.05) is 0 Å². The molecule has 1 N–H and O–H groups in total. The van der Waals surface area contributed by atoms with Crippen molar-refractivity contribution < 1.29 is 9.84 Å². The molecule has 0 aliphatic rings. The molecule has 2 nitrogen and oxygen atoms in total. The maximum atomic E-state index is 9.18. The Morgan fingerprint density at radius 3 is 2.21 bits per heavy atom. The fourth-order valence-electron chi connectivity index (χ4n) is 2.11. The van der Waals surface area contributed by atoms with Gasteiger partial charge in [-0.3, -0.25) is 0 Å². The second kappa shape index (κ2) is 5.45. The molecule has 0 saturated heterocycles. The SMILES string of the molecule is Cc1cc(Oc2c(C)ccc(C)c2C)ccc1CO. The van der Waals surface area contributed by atoms with E-state index in [2.05, 4.69) is 32.9 Å². The first kappa shape index (κ1) is 13.6. The Balaban J connectivity index is 2.36. The van der Waals surface area contributed by atoms with E-state index in [0.717, 1.165) is 28.2 Å². The minimum absolute atomic E-state index is 0.0641. The van der Waals surface area contributed by atoms with Gasteiger partial charge in [-0.1, -0.05) is 18.2 Å². The molecule has 2 aromatic rings. The molecular formula is C17H20O2. The summed E-state index contributed by atoms with van der Waals surface area (Å²) in [5, 5.41) is 9.18. The van der Waals surface area contributed by atoms with Crippen LogP contribution in [0.1, 0.15) is 27.8 Å². The molecule has 0 amide bonds. The molecule has 0 aliphatic heterocycles. The maximum Gasteiger partial charge on any atom is 0.133 e. The van der Waals surface area contributed by atoms with E-state index in [9.17, 15) is 5.11 Å². The molecule has 0 spiro atoms. The summed E-state index contributed by atoms with van der Waals surface area (Å²) in [6.45, 7) is 8.26. The van der Waals surface area contributed by atoms with Crippen LogP contribution in [0, 0.1) is 27.7 Å². The molecule has 0 saturated carbocycles. The van der Waals surface area contributed by atoms with Crippen LogP contribution in [0.2, 0.25) is 0 Å². The van der Waals surface area contributed by atoms with Crippen LogP contribution in [-0.4, -0.2) is 5.11 Å². The second-order valence-electron chi connectivity index (χ2n) is 5.00. The minimum atomic E-state index is 0.0641. The molecule has 0 atom stereocenters. The number of benzene rings is 2. The number of aryl methyl sites for hydroxylation is 3. The third-order valence-electron chi connectivity index (χ3n) is 3.58. The average molecular weight is 256 g/mol. The Labute approximate surface area is 114 Å². The van der Waals surface area contributed by atoms with Gasteiger partial charge in [0.15, 0.2) is 0 Å². The summed E-state index contributed by atoms with van der Waals surface area (Å²) in [5.74, 6) is 1.74. The Kier molecular flexibility index (Phi) is 3.91. The lowest BCUT2D eigenvalue weighted by Gasteiger charge is -2.14. The van der Waals surface area contributed by atoms with Gasteiger partial charge in [0.25, 0.3) is 0 Å². The predicted molar refractivity (Wildman–Crippen MR) is 77.8 cm³/mol. The highest BCUT2D eigenvalue weighted by molar-refractivity contribution is 5.47. The predicted octanol–water partition coefficient (Wildman–Crippen LogP) is 4.20. The van der Waals surface area contributed by atoms with Gasteiger partial charge in [-0.25, -0.2) is 0 Å². The van der Waals surface area contributed by atoms with Crippen LogP contribution >= 0.6 is 0 Å². The van der Waals surface area contributed by atoms with Gasteiger partial charge < -0.3 is 9.84 Å². The van der Waals surface area contributed by atoms with Crippen LogP contribution in [0.15, 0.2) is 30.3 Å². The highest BCUT2D eigenvalue weighted by Gasteiger charge is 2.08. The summed E-state index contributed by atoms with van der Waals surface area (Å²) < 4.78 is 6.02. The van der Waals surface area contributed by atoms with Gasteiger partial charge in [0.2, 0.25) is 0 Å². The van der Waals surface area contributed by atoms with Gasteiger partial charge in [0.1, 0.15) is 11.5 Å². The van der Waals surface area contributed by atoms with Crippen LogP contribution in [0.25, 0.3) is 0 Å². The van der Waals surface area contributed by atoms with E-state index < -0.39 is 0 Å². The number of hydrogen-bond acceptors (Lipinski definition) is 2. The largest absolute Gasteiger partial charge is 0.457 e. The molecule has 0 aliphatic carbocycles. The zero-order chi connectivity index (χ0) is 14.0. The average Bonchev–Trinajstić information content (AvgIpc) is 2.39. The number of aliphatic hydroxyl groups excluding tert-OH is 1. The van der Waals surface area contributed by atoms with Crippen LogP contribution in [0.3, 0.4) is 0 Å². The monoisotopic (exact) mass is 256 g/mol. The van der Waals surface area contributed by atoms with Crippen LogP contribution < -0.4 is 4.74 Å². The standard InChI is InChI=1S/C17H20O2/c1-11-5-6-12(2)17(14(11)4)19-16-8-7-15(10-18)13(3)9-16/h5-9,18H,10H2,1-4H3. The third-order valence-corrected chi connectivity index (χ3v) is 3.58. The van der Waals surface area contributed by atoms with E-state index in [0.29, 0.717) is 0 Å². The van der Waals surface area contributed by atoms with E-state index >= 15 is 0 Å². The second-order valence-corrected chi connectivity index (χ2v) is 5.00. The number of aliphatic hydroxyl groups is 1. The summed E-state index contributed by atoms with van der Waals surface area (Å²) in [7, 11) is 0. The van der Waals surface area contributed by atoms with E-state index in [-0.39, 0.29) is 6.61 Å². The molecule has 19 heavy (non-hydrogen) atoms. The Morgan fingerprint density at radius 1 is 0.895 bits per heavy atom. The summed E-state index contributed by atoms with van der Waals surface area (Å²) in [6, 6.07) is 9.96. The molecule has 0 heterocycles. The lowest BCUT2D eigenvalue weighted by molar-refractivity contribution is 0.281. The van der Waals surface area contributed by atoms with E-state index in [1.807, 2.05) is 25.1 Å². The topological polar surface area (TPSA) is 29.5 Å². The van der Waals surface area contributed by atoms with Crippen molar-refractivity contribution >= 4 is 0 Å². The lowest BCUT2D eigenvalue weighted by Crippen LogP contribution is -1.95. The van der Waals surface area contributed by atoms with E-state index in [1.54, 1.807) is 0 Å². The van der Waals surface area contributed by atoms with E-state index in [4.69, 9.17) is 4.74 Å². The normalized spacial score (nSPS) is 10.6. The molecular weight excluding hydrogens is 236 g/mol. The summed E-state index contributed by atoms with van der Waals surface area (Å²) >= 11 is 0. The molecule has 2 heteroatoms. The van der Waals surface area contributed by atoms with Crippen molar-refractivity contribution in [1.82, 2.24) is 0 Å². The zero-order valence-electron chi connectivity index (χ0n) is 11.9. The van der Waals surface area contributed by atoms with Crippen molar-refractivity contribution in [2.45, 2.75) is 34.3 Å². The van der Waals surface area contributed by atoms with Crippen LogP contribution in [0.5, 0.6) is 11.5 Å². The molecule has 2 rings (SSSR count). The van der Waals surface area contributed by atoms with Crippen molar-refractivity contribution in [2.24, 2.45) is 0 Å². The van der Waals surface area contributed by atoms with E-state index in [1.165, 1.54) is 11.1 Å². The van der Waals surface area contributed by atoms with Crippen LogP contribution in [0.4, 0.5) is 0 Å². The molecule has 0 bridgehead atoms. The summed E-state index contributed by atoms with van der Waals surface area (Å²) in [5.41, 5.74) is 5.51. The first-order valence-corrected chi connectivity index (χ1v) is 6.48. The Morgan fingerprint density at radius 2 is 1.58 bits per heavy atom. The molecule has 2 aromatic carbocycles. The number of ether oxygens (including phenoxy) is 1.